The third kappa shape index (κ3) is 4.86. The average Bonchev–Trinajstić information content (AvgIpc) is 2.76. The molecule has 0 spiro atoms. The molecule has 0 saturated heterocycles. The molecular weight excluding hydrogens is 507 g/mol. The highest BCUT2D eigenvalue weighted by Crippen LogP contribution is 2.40. The Balaban J connectivity index is 1.87. The minimum atomic E-state index is -4.88. The van der Waals surface area contributed by atoms with Gasteiger partial charge < -0.3 is 14.7 Å². The van der Waals surface area contributed by atoms with Crippen molar-refractivity contribution in [2.75, 3.05) is 16.5 Å². The van der Waals surface area contributed by atoms with E-state index in [4.69, 9.17) is 21.4 Å². The van der Waals surface area contributed by atoms with Crippen LogP contribution in [0.3, 0.4) is 0 Å². The molecule has 9 nitrogen and oxygen atoms in total. The second kappa shape index (κ2) is 9.18. The summed E-state index contributed by atoms with van der Waals surface area (Å²) in [7, 11) is -4.88. The minimum Gasteiger partial charge on any atom is -0.322 e. The lowest BCUT2D eigenvalue weighted by Crippen LogP contribution is -2.46. The van der Waals surface area contributed by atoms with Crippen LogP contribution in [-0.4, -0.2) is 26.9 Å². The van der Waals surface area contributed by atoms with Crippen molar-refractivity contribution in [3.05, 3.63) is 86.3 Å². The number of anilines is 3. The first-order chi connectivity index (χ1) is 16.4. The molecule has 1 aromatic heterocycles. The molecule has 2 heterocycles. The van der Waals surface area contributed by atoms with Gasteiger partial charge in [0.05, 0.1) is 22.0 Å². The normalized spacial score (nSPS) is 13.9. The zero-order valence-electron chi connectivity index (χ0n) is 18.4. The zero-order chi connectivity index (χ0) is 25.7. The van der Waals surface area contributed by atoms with E-state index in [1.807, 2.05) is 0 Å². The number of carbonyl (C=O) groups is 1. The monoisotopic (exact) mass is 525 g/mol. The van der Waals surface area contributed by atoms with Gasteiger partial charge >= 0.3 is 7.82 Å². The number of aromatic nitrogens is 1. The Morgan fingerprint density at radius 3 is 2.34 bits per heavy atom. The lowest BCUT2D eigenvalue weighted by Gasteiger charge is -2.39. The molecule has 0 atom stereocenters. The van der Waals surface area contributed by atoms with Gasteiger partial charge in [-0.15, -0.1) is 0 Å². The van der Waals surface area contributed by atoms with E-state index in [2.05, 4.69) is 4.52 Å². The summed E-state index contributed by atoms with van der Waals surface area (Å²) in [5, 5.41) is -0.200. The summed E-state index contributed by atoms with van der Waals surface area (Å²) in [4.78, 5) is 46.7. The number of halogens is 3. The molecule has 184 valence electrons. The zero-order valence-corrected chi connectivity index (χ0v) is 20.1. The number of carbonyl (C=O) groups excluding carboxylic acids is 1. The topological polar surface area (TPSA) is 112 Å². The molecule has 4 rings (SSSR count). The molecule has 1 aliphatic rings. The fourth-order valence-electron chi connectivity index (χ4n) is 3.91. The molecular formula is C22H19ClF2N3O6P. The molecule has 2 N–H and O–H groups in total. The van der Waals surface area contributed by atoms with Crippen LogP contribution >= 0.6 is 19.4 Å². The van der Waals surface area contributed by atoms with Crippen LogP contribution in [0.5, 0.6) is 0 Å². The van der Waals surface area contributed by atoms with Crippen LogP contribution in [0.4, 0.5) is 25.8 Å². The van der Waals surface area contributed by atoms with Crippen LogP contribution in [0, 0.1) is 25.5 Å². The Bertz CT molecular complexity index is 1460. The van der Waals surface area contributed by atoms with E-state index in [-0.39, 0.29) is 28.6 Å². The van der Waals surface area contributed by atoms with Crippen molar-refractivity contribution in [3.63, 3.8) is 0 Å². The van der Waals surface area contributed by atoms with E-state index in [0.717, 1.165) is 16.7 Å². The van der Waals surface area contributed by atoms with Gasteiger partial charge in [0.15, 0.2) is 0 Å². The molecule has 35 heavy (non-hydrogen) atoms. The largest absolute Gasteiger partial charge is 0.471 e. The van der Waals surface area contributed by atoms with Crippen molar-refractivity contribution in [3.8, 4) is 0 Å². The molecule has 1 aliphatic heterocycles. The number of pyridine rings is 1. The van der Waals surface area contributed by atoms with Gasteiger partial charge in [-0.2, -0.15) is 0 Å². The van der Waals surface area contributed by atoms with E-state index < -0.39 is 37.7 Å². The molecule has 0 fully saturated rings. The number of hydrogen-bond donors (Lipinski definition) is 2. The van der Waals surface area contributed by atoms with Crippen molar-refractivity contribution in [1.82, 2.24) is 4.57 Å². The summed E-state index contributed by atoms with van der Waals surface area (Å²) in [6.45, 7) is 2.28. The maximum atomic E-state index is 14.4. The molecule has 0 radical (unpaired) electrons. The molecule has 3 aromatic rings. The van der Waals surface area contributed by atoms with Crippen LogP contribution < -0.4 is 15.4 Å². The van der Waals surface area contributed by atoms with Crippen molar-refractivity contribution >= 4 is 42.4 Å². The van der Waals surface area contributed by atoms with Gasteiger partial charge in [-0.3, -0.25) is 23.6 Å². The summed E-state index contributed by atoms with van der Waals surface area (Å²) in [5.74, 6) is -1.87. The highest BCUT2D eigenvalue weighted by Gasteiger charge is 2.34. The molecule has 1 amide bonds. The number of hydrogen-bond acceptors (Lipinski definition) is 5. The van der Waals surface area contributed by atoms with Crippen molar-refractivity contribution in [1.29, 1.82) is 0 Å². The first-order valence-corrected chi connectivity index (χ1v) is 12.0. The fourth-order valence-corrected chi connectivity index (χ4v) is 4.34. The molecule has 0 aliphatic carbocycles. The van der Waals surface area contributed by atoms with Crippen molar-refractivity contribution in [2.24, 2.45) is 0 Å². The predicted molar refractivity (Wildman–Crippen MR) is 125 cm³/mol. The number of aryl methyl sites for hydroxylation is 1. The molecule has 2 aromatic carbocycles. The summed E-state index contributed by atoms with van der Waals surface area (Å²) in [6.07, 6.45) is 0. The summed E-state index contributed by atoms with van der Waals surface area (Å²) in [5.41, 5.74) is 1.14. The first-order valence-electron chi connectivity index (χ1n) is 10.1. The van der Waals surface area contributed by atoms with Crippen LogP contribution in [-0.2, 0) is 15.8 Å². The number of phosphoric acid groups is 1. The predicted octanol–water partition coefficient (Wildman–Crippen LogP) is 4.22. The van der Waals surface area contributed by atoms with Crippen LogP contribution in [0.2, 0.25) is 5.02 Å². The molecule has 0 bridgehead atoms. The van der Waals surface area contributed by atoms with Crippen LogP contribution in [0.1, 0.15) is 21.6 Å². The second-order valence-corrected chi connectivity index (χ2v) is 9.48. The van der Waals surface area contributed by atoms with E-state index in [9.17, 15) is 22.9 Å². The number of amides is 1. The van der Waals surface area contributed by atoms with E-state index >= 15 is 0 Å². The average molecular weight is 526 g/mol. The number of benzene rings is 2. The summed E-state index contributed by atoms with van der Waals surface area (Å²) < 4.78 is 44.7. The van der Waals surface area contributed by atoms with Gasteiger partial charge in [-0.25, -0.2) is 13.3 Å². The molecule has 0 unspecified atom stereocenters. The highest BCUT2D eigenvalue weighted by atomic mass is 35.5. The summed E-state index contributed by atoms with van der Waals surface area (Å²) in [6, 6.07) is 8.87. The Morgan fingerprint density at radius 2 is 1.69 bits per heavy atom. The van der Waals surface area contributed by atoms with Crippen LogP contribution in [0.25, 0.3) is 0 Å². The smallest absolute Gasteiger partial charge is 0.322 e. The van der Waals surface area contributed by atoms with Gasteiger partial charge in [-0.05, 0) is 55.8 Å². The number of fused-ring (bicyclic) bond motifs is 1. The lowest BCUT2D eigenvalue weighted by atomic mass is 10.0. The van der Waals surface area contributed by atoms with Gasteiger partial charge in [0.1, 0.15) is 25.0 Å². The standard InChI is InChI=1S/C22H19ClF2N3O6P/c1-12-7-14(24)3-4-18(12)26-10-27(22(30)15-8-17(25)16(23)9-20(15)26)19-5-6-21(29)28(13(19)2)11-34-35(31,32)33/h3-9H,10-11H2,1-2H3,(H2,31,32,33). The van der Waals surface area contributed by atoms with E-state index in [1.54, 1.807) is 11.8 Å². The quantitative estimate of drug-likeness (QED) is 0.480. The third-order valence-electron chi connectivity index (χ3n) is 5.61. The Kier molecular flexibility index (Phi) is 6.56. The second-order valence-electron chi connectivity index (χ2n) is 7.84. The number of rotatable bonds is 5. The first kappa shape index (κ1) is 25.0. The van der Waals surface area contributed by atoms with E-state index in [0.29, 0.717) is 16.9 Å². The van der Waals surface area contributed by atoms with Crippen molar-refractivity contribution < 1.29 is 32.5 Å². The van der Waals surface area contributed by atoms with Gasteiger partial charge in [0, 0.05) is 17.4 Å². The third-order valence-corrected chi connectivity index (χ3v) is 6.35. The molecule has 0 saturated carbocycles. The van der Waals surface area contributed by atoms with Crippen molar-refractivity contribution in [2.45, 2.75) is 20.6 Å². The minimum absolute atomic E-state index is 0.0227. The van der Waals surface area contributed by atoms with E-state index in [1.165, 1.54) is 42.2 Å². The maximum absolute atomic E-state index is 14.4. The van der Waals surface area contributed by atoms with Crippen LogP contribution in [0.15, 0.2) is 47.3 Å². The Labute approximate surface area is 203 Å². The summed E-state index contributed by atoms with van der Waals surface area (Å²) >= 11 is 6.00. The lowest BCUT2D eigenvalue weighted by molar-refractivity contribution is 0.0981. The molecule has 13 heteroatoms. The SMILES string of the molecule is Cc1cc(F)ccc1N1CN(c2ccc(=O)n(COP(=O)(O)O)c2C)C(=O)c2cc(F)c(Cl)cc21. The van der Waals surface area contributed by atoms with Gasteiger partial charge in [0.2, 0.25) is 0 Å². The maximum Gasteiger partial charge on any atom is 0.471 e. The number of nitrogens with zero attached hydrogens (tertiary/aromatic N) is 3. The van der Waals surface area contributed by atoms with Gasteiger partial charge in [0.25, 0.3) is 11.5 Å². The highest BCUT2D eigenvalue weighted by molar-refractivity contribution is 7.46. The Morgan fingerprint density at radius 1 is 1.00 bits per heavy atom. The number of phosphoric ester groups is 1. The fraction of sp³-hybridized carbons (Fsp3) is 0.182. The Hall–Kier alpha value is -3.08. The van der Waals surface area contributed by atoms with Gasteiger partial charge in [-0.1, -0.05) is 11.6 Å².